The number of carbonyl (C=O) groups is 1. The summed E-state index contributed by atoms with van der Waals surface area (Å²) in [6.07, 6.45) is 0. The van der Waals surface area contributed by atoms with Gasteiger partial charge in [-0.05, 0) is 43.7 Å². The van der Waals surface area contributed by atoms with Gasteiger partial charge in [0.2, 0.25) is 10.0 Å². The van der Waals surface area contributed by atoms with E-state index < -0.39 is 16.0 Å². The second-order valence-corrected chi connectivity index (χ2v) is 8.12. The Bertz CT molecular complexity index is 849. The summed E-state index contributed by atoms with van der Waals surface area (Å²) >= 11 is 0. The Hall–Kier alpha value is -2.18. The zero-order chi connectivity index (χ0) is 19.3. The van der Waals surface area contributed by atoms with Gasteiger partial charge in [0.1, 0.15) is 6.61 Å². The van der Waals surface area contributed by atoms with Crippen molar-refractivity contribution in [3.63, 3.8) is 0 Å². The molecule has 0 aromatic heterocycles. The van der Waals surface area contributed by atoms with Crippen LogP contribution in [-0.4, -0.2) is 31.8 Å². The van der Waals surface area contributed by atoms with Crippen LogP contribution >= 0.6 is 0 Å². The minimum atomic E-state index is -3.53. The Labute approximate surface area is 155 Å². The molecule has 0 N–H and O–H groups in total. The molecule has 5 nitrogen and oxygen atoms in total. The number of carbonyl (C=O) groups excluding carboxylic acids is 1. The number of rotatable bonds is 7. The molecule has 2 aromatic rings. The molecule has 2 rings (SSSR count). The maximum atomic E-state index is 12.5. The molecule has 0 unspecified atom stereocenters. The van der Waals surface area contributed by atoms with E-state index in [1.807, 2.05) is 26.0 Å². The van der Waals surface area contributed by atoms with Gasteiger partial charge >= 0.3 is 5.97 Å². The third kappa shape index (κ3) is 4.71. The molecule has 0 aliphatic heterocycles. The average Bonchev–Trinajstić information content (AvgIpc) is 2.60. The highest BCUT2D eigenvalue weighted by atomic mass is 32.2. The molecular formula is C20H25NO4S. The molecule has 0 bridgehead atoms. The number of sulfonamides is 1. The van der Waals surface area contributed by atoms with Crippen molar-refractivity contribution < 1.29 is 17.9 Å². The molecule has 6 heteroatoms. The predicted octanol–water partition coefficient (Wildman–Crippen LogP) is 3.69. The standard InChI is InChI=1S/C20H25NO4S/c1-5-21(6-2)26(23,24)19-9-7-18(8-10-19)20(22)25-14-17-12-15(3)11-16(4)13-17/h7-13H,5-6,14H2,1-4H3. The lowest BCUT2D eigenvalue weighted by molar-refractivity contribution is 0.0472. The van der Waals surface area contributed by atoms with Crippen LogP contribution in [0.1, 0.15) is 40.9 Å². The molecule has 2 aromatic carbocycles. The minimum Gasteiger partial charge on any atom is -0.457 e. The lowest BCUT2D eigenvalue weighted by atomic mass is 10.1. The van der Waals surface area contributed by atoms with Crippen molar-refractivity contribution in [2.24, 2.45) is 0 Å². The monoisotopic (exact) mass is 375 g/mol. The summed E-state index contributed by atoms with van der Waals surface area (Å²) in [5.41, 5.74) is 3.48. The third-order valence-electron chi connectivity index (χ3n) is 4.08. The van der Waals surface area contributed by atoms with E-state index in [-0.39, 0.29) is 11.5 Å². The first kappa shape index (κ1) is 20.1. The maximum Gasteiger partial charge on any atom is 0.338 e. The van der Waals surface area contributed by atoms with Gasteiger partial charge in [0, 0.05) is 13.1 Å². The number of nitrogens with zero attached hydrogens (tertiary/aromatic N) is 1. The van der Waals surface area contributed by atoms with Gasteiger partial charge in [0.15, 0.2) is 0 Å². The third-order valence-corrected chi connectivity index (χ3v) is 6.15. The van der Waals surface area contributed by atoms with E-state index >= 15 is 0 Å². The number of aryl methyl sites for hydroxylation is 2. The lowest BCUT2D eigenvalue weighted by Crippen LogP contribution is -2.30. The van der Waals surface area contributed by atoms with Gasteiger partial charge in [0.05, 0.1) is 10.5 Å². The molecule has 0 saturated heterocycles. The molecule has 0 aliphatic rings. The van der Waals surface area contributed by atoms with Gasteiger partial charge < -0.3 is 4.74 Å². The van der Waals surface area contributed by atoms with E-state index in [0.29, 0.717) is 18.7 Å². The first-order valence-electron chi connectivity index (χ1n) is 8.62. The fourth-order valence-corrected chi connectivity index (χ4v) is 4.32. The highest BCUT2D eigenvalue weighted by Crippen LogP contribution is 2.17. The Morgan fingerprint density at radius 2 is 1.50 bits per heavy atom. The summed E-state index contributed by atoms with van der Waals surface area (Å²) in [7, 11) is -3.53. The summed E-state index contributed by atoms with van der Waals surface area (Å²) in [5.74, 6) is -0.476. The van der Waals surface area contributed by atoms with Crippen LogP contribution in [0.3, 0.4) is 0 Å². The SMILES string of the molecule is CCN(CC)S(=O)(=O)c1ccc(C(=O)OCc2cc(C)cc(C)c2)cc1. The van der Waals surface area contributed by atoms with Gasteiger partial charge in [-0.3, -0.25) is 0 Å². The lowest BCUT2D eigenvalue weighted by Gasteiger charge is -2.18. The van der Waals surface area contributed by atoms with Crippen LogP contribution in [-0.2, 0) is 21.4 Å². The van der Waals surface area contributed by atoms with E-state index in [9.17, 15) is 13.2 Å². The smallest absolute Gasteiger partial charge is 0.338 e. The normalized spacial score (nSPS) is 11.6. The van der Waals surface area contributed by atoms with E-state index in [0.717, 1.165) is 16.7 Å². The number of ether oxygens (including phenoxy) is 1. The molecule has 0 fully saturated rings. The number of hydrogen-bond acceptors (Lipinski definition) is 4. The molecule has 0 amide bonds. The summed E-state index contributed by atoms with van der Waals surface area (Å²) in [6, 6.07) is 11.9. The van der Waals surface area contributed by atoms with Crippen LogP contribution in [0.2, 0.25) is 0 Å². The van der Waals surface area contributed by atoms with Crippen molar-refractivity contribution in [1.82, 2.24) is 4.31 Å². The van der Waals surface area contributed by atoms with Gasteiger partial charge in [-0.1, -0.05) is 43.2 Å². The Morgan fingerprint density at radius 3 is 2.00 bits per heavy atom. The zero-order valence-electron chi connectivity index (χ0n) is 15.7. The Kier molecular flexibility index (Phi) is 6.56. The summed E-state index contributed by atoms with van der Waals surface area (Å²) in [6.45, 7) is 8.55. The van der Waals surface area contributed by atoms with Gasteiger partial charge in [-0.15, -0.1) is 0 Å². The number of hydrogen-bond donors (Lipinski definition) is 0. The Morgan fingerprint density at radius 1 is 0.962 bits per heavy atom. The van der Waals surface area contributed by atoms with Crippen molar-refractivity contribution in [3.8, 4) is 0 Å². The zero-order valence-corrected chi connectivity index (χ0v) is 16.5. The molecule has 0 radical (unpaired) electrons. The van der Waals surface area contributed by atoms with Crippen LogP contribution in [0, 0.1) is 13.8 Å². The molecule has 140 valence electrons. The topological polar surface area (TPSA) is 63.7 Å². The van der Waals surface area contributed by atoms with Crippen LogP contribution in [0.15, 0.2) is 47.4 Å². The van der Waals surface area contributed by atoms with Gasteiger partial charge in [0.25, 0.3) is 0 Å². The second-order valence-electron chi connectivity index (χ2n) is 6.19. The highest BCUT2D eigenvalue weighted by Gasteiger charge is 2.21. The maximum absolute atomic E-state index is 12.5. The molecule has 0 saturated carbocycles. The van der Waals surface area contributed by atoms with Crippen molar-refractivity contribution in [3.05, 3.63) is 64.7 Å². The summed E-state index contributed by atoms with van der Waals surface area (Å²) < 4.78 is 31.6. The van der Waals surface area contributed by atoms with E-state index in [4.69, 9.17) is 4.74 Å². The van der Waals surface area contributed by atoms with Crippen molar-refractivity contribution in [1.29, 1.82) is 0 Å². The number of esters is 1. The molecule has 0 spiro atoms. The van der Waals surface area contributed by atoms with E-state index in [2.05, 4.69) is 6.07 Å². The summed E-state index contributed by atoms with van der Waals surface area (Å²) in [5, 5.41) is 0. The number of benzene rings is 2. The Balaban J connectivity index is 2.09. The van der Waals surface area contributed by atoms with Gasteiger partial charge in [-0.2, -0.15) is 4.31 Å². The summed E-state index contributed by atoms with van der Waals surface area (Å²) in [4.78, 5) is 12.4. The van der Waals surface area contributed by atoms with Crippen LogP contribution in [0.4, 0.5) is 0 Å². The molecule has 0 aliphatic carbocycles. The molecular weight excluding hydrogens is 350 g/mol. The largest absolute Gasteiger partial charge is 0.457 e. The fourth-order valence-electron chi connectivity index (χ4n) is 2.86. The fraction of sp³-hybridized carbons (Fsp3) is 0.350. The first-order chi connectivity index (χ1) is 12.3. The highest BCUT2D eigenvalue weighted by molar-refractivity contribution is 7.89. The van der Waals surface area contributed by atoms with Crippen molar-refractivity contribution >= 4 is 16.0 Å². The van der Waals surface area contributed by atoms with Crippen LogP contribution in [0.25, 0.3) is 0 Å². The van der Waals surface area contributed by atoms with Crippen molar-refractivity contribution in [2.75, 3.05) is 13.1 Å². The molecule has 0 atom stereocenters. The molecule has 0 heterocycles. The predicted molar refractivity (Wildman–Crippen MR) is 102 cm³/mol. The van der Waals surface area contributed by atoms with Crippen LogP contribution in [0.5, 0.6) is 0 Å². The quantitative estimate of drug-likeness (QED) is 0.693. The molecule has 26 heavy (non-hydrogen) atoms. The van der Waals surface area contributed by atoms with E-state index in [1.165, 1.54) is 28.6 Å². The second kappa shape index (κ2) is 8.47. The van der Waals surface area contributed by atoms with Crippen LogP contribution < -0.4 is 0 Å². The minimum absolute atomic E-state index is 0.173. The first-order valence-corrected chi connectivity index (χ1v) is 10.1. The van der Waals surface area contributed by atoms with E-state index in [1.54, 1.807) is 13.8 Å². The average molecular weight is 375 g/mol. The van der Waals surface area contributed by atoms with Crippen molar-refractivity contribution in [2.45, 2.75) is 39.2 Å². The van der Waals surface area contributed by atoms with Gasteiger partial charge in [-0.25, -0.2) is 13.2 Å².